The first-order chi connectivity index (χ1) is 9.60. The Balaban J connectivity index is 3.77. The number of ether oxygens (including phenoxy) is 1. The molecule has 0 aromatic carbocycles. The Morgan fingerprint density at radius 1 is 1.25 bits per heavy atom. The summed E-state index contributed by atoms with van der Waals surface area (Å²) in [5.41, 5.74) is 0. The number of aliphatic imine (C=N–C) groups is 1. The predicted octanol–water partition coefficient (Wildman–Crippen LogP) is 1.56. The lowest BCUT2D eigenvalue weighted by atomic mass is 10.2. The molecule has 0 fully saturated rings. The molecule has 0 aromatic rings. The van der Waals surface area contributed by atoms with E-state index >= 15 is 0 Å². The summed E-state index contributed by atoms with van der Waals surface area (Å²) in [6, 6.07) is 0. The molecule has 0 saturated carbocycles. The predicted molar refractivity (Wildman–Crippen MR) is 87.4 cm³/mol. The molecule has 20 heavy (non-hydrogen) atoms. The molecule has 0 heterocycles. The van der Waals surface area contributed by atoms with Gasteiger partial charge in [-0.15, -0.1) is 0 Å². The average molecular weight is 286 g/mol. The third-order valence-electron chi connectivity index (χ3n) is 2.84. The van der Waals surface area contributed by atoms with Gasteiger partial charge in [0.25, 0.3) is 0 Å². The molecule has 120 valence electrons. The van der Waals surface area contributed by atoms with Gasteiger partial charge in [-0.05, 0) is 32.9 Å². The quantitative estimate of drug-likeness (QED) is 0.344. The summed E-state index contributed by atoms with van der Waals surface area (Å²) in [4.78, 5) is 6.82. The highest BCUT2D eigenvalue weighted by Gasteiger charge is 1.98. The van der Waals surface area contributed by atoms with Gasteiger partial charge >= 0.3 is 0 Å². The van der Waals surface area contributed by atoms with E-state index in [0.717, 1.165) is 58.3 Å². The minimum atomic E-state index is 0.605. The monoisotopic (exact) mass is 286 g/mol. The smallest absolute Gasteiger partial charge is 0.191 e. The number of hydrogen-bond acceptors (Lipinski definition) is 3. The Morgan fingerprint density at radius 2 is 2.00 bits per heavy atom. The Labute approximate surface area is 125 Å². The molecule has 0 atom stereocenters. The fraction of sp³-hybridized carbons (Fsp3) is 0.933. The highest BCUT2D eigenvalue weighted by Crippen LogP contribution is 1.93. The van der Waals surface area contributed by atoms with E-state index in [1.807, 2.05) is 0 Å². The average Bonchev–Trinajstić information content (AvgIpc) is 2.41. The van der Waals surface area contributed by atoms with E-state index in [-0.39, 0.29) is 0 Å². The molecule has 0 bridgehead atoms. The van der Waals surface area contributed by atoms with Crippen molar-refractivity contribution in [3.8, 4) is 0 Å². The maximum absolute atomic E-state index is 5.55. The minimum absolute atomic E-state index is 0.605. The highest BCUT2D eigenvalue weighted by molar-refractivity contribution is 5.79. The van der Waals surface area contributed by atoms with Crippen molar-refractivity contribution in [2.45, 2.75) is 34.1 Å². The van der Waals surface area contributed by atoms with E-state index < -0.39 is 0 Å². The molecule has 0 amide bonds. The van der Waals surface area contributed by atoms with Crippen molar-refractivity contribution in [3.63, 3.8) is 0 Å². The summed E-state index contributed by atoms with van der Waals surface area (Å²) in [6.07, 6.45) is 0.970. The molecule has 5 nitrogen and oxygen atoms in total. The molecule has 0 radical (unpaired) electrons. The number of guanidine groups is 1. The first-order valence-electron chi connectivity index (χ1n) is 7.88. The number of nitrogens with one attached hydrogen (secondary N) is 2. The van der Waals surface area contributed by atoms with Crippen molar-refractivity contribution < 1.29 is 4.74 Å². The third kappa shape index (κ3) is 12.2. The molecule has 0 aliphatic rings. The van der Waals surface area contributed by atoms with E-state index in [4.69, 9.17) is 4.74 Å². The fourth-order valence-corrected chi connectivity index (χ4v) is 1.54. The van der Waals surface area contributed by atoms with Crippen LogP contribution in [0.1, 0.15) is 34.1 Å². The lowest BCUT2D eigenvalue weighted by molar-refractivity contribution is 0.109. The maximum atomic E-state index is 5.55. The second-order valence-corrected chi connectivity index (χ2v) is 5.41. The van der Waals surface area contributed by atoms with Crippen LogP contribution in [0, 0.1) is 5.92 Å². The zero-order valence-electron chi connectivity index (χ0n) is 14.0. The number of hydrogen-bond donors (Lipinski definition) is 2. The van der Waals surface area contributed by atoms with Gasteiger partial charge < -0.3 is 20.3 Å². The largest absolute Gasteiger partial charge is 0.381 e. The Morgan fingerprint density at radius 3 is 2.60 bits per heavy atom. The Hall–Kier alpha value is -0.810. The van der Waals surface area contributed by atoms with Crippen LogP contribution >= 0.6 is 0 Å². The van der Waals surface area contributed by atoms with Gasteiger partial charge in [0.15, 0.2) is 5.96 Å². The number of rotatable bonds is 11. The molecule has 2 N–H and O–H groups in total. The molecular weight excluding hydrogens is 252 g/mol. The van der Waals surface area contributed by atoms with Gasteiger partial charge in [0.05, 0.1) is 0 Å². The first kappa shape index (κ1) is 19.2. The van der Waals surface area contributed by atoms with Gasteiger partial charge in [-0.1, -0.05) is 20.8 Å². The van der Waals surface area contributed by atoms with E-state index in [1.54, 1.807) is 0 Å². The van der Waals surface area contributed by atoms with Crippen molar-refractivity contribution >= 4 is 5.96 Å². The zero-order valence-corrected chi connectivity index (χ0v) is 14.0. The summed E-state index contributed by atoms with van der Waals surface area (Å²) >= 11 is 0. The molecule has 0 aliphatic carbocycles. The van der Waals surface area contributed by atoms with Crippen molar-refractivity contribution in [1.29, 1.82) is 0 Å². The van der Waals surface area contributed by atoms with Crippen LogP contribution in [-0.4, -0.2) is 63.8 Å². The molecule has 0 spiro atoms. The van der Waals surface area contributed by atoms with Crippen molar-refractivity contribution in [2.75, 3.05) is 53.0 Å². The van der Waals surface area contributed by atoms with Crippen LogP contribution in [0.5, 0.6) is 0 Å². The van der Waals surface area contributed by atoms with Crippen LogP contribution in [0.4, 0.5) is 0 Å². The lowest BCUT2D eigenvalue weighted by Gasteiger charge is -2.16. The fourth-order valence-electron chi connectivity index (χ4n) is 1.54. The Kier molecular flexibility index (Phi) is 12.7. The van der Waals surface area contributed by atoms with Gasteiger partial charge in [-0.3, -0.25) is 4.99 Å². The molecule has 0 saturated heterocycles. The molecule has 5 heteroatoms. The van der Waals surface area contributed by atoms with Crippen molar-refractivity contribution in [1.82, 2.24) is 15.5 Å². The van der Waals surface area contributed by atoms with Crippen LogP contribution < -0.4 is 10.6 Å². The minimum Gasteiger partial charge on any atom is -0.381 e. The molecule has 0 aromatic heterocycles. The molecule has 0 unspecified atom stereocenters. The summed E-state index contributed by atoms with van der Waals surface area (Å²) < 4.78 is 5.55. The normalized spacial score (nSPS) is 12.2. The van der Waals surface area contributed by atoms with Crippen LogP contribution in [0.2, 0.25) is 0 Å². The van der Waals surface area contributed by atoms with E-state index in [9.17, 15) is 0 Å². The topological polar surface area (TPSA) is 48.9 Å². The standard InChI is InChI=1S/C15H34N4O/c1-6-16-15(18-10-11-19(5)7-2)17-9-8-12-20-13-14(3)4/h14H,6-13H2,1-5H3,(H2,16,17,18). The van der Waals surface area contributed by atoms with Gasteiger partial charge in [0, 0.05) is 39.4 Å². The number of likely N-dealkylation sites (N-methyl/N-ethyl adjacent to an activating group) is 1. The summed E-state index contributed by atoms with van der Waals surface area (Å²) in [5, 5.41) is 6.61. The highest BCUT2D eigenvalue weighted by atomic mass is 16.5. The van der Waals surface area contributed by atoms with E-state index in [1.165, 1.54) is 0 Å². The van der Waals surface area contributed by atoms with Crippen LogP contribution in [0.15, 0.2) is 4.99 Å². The molecule has 0 aliphatic heterocycles. The second kappa shape index (κ2) is 13.2. The second-order valence-electron chi connectivity index (χ2n) is 5.41. The van der Waals surface area contributed by atoms with E-state index in [2.05, 4.69) is 55.3 Å². The third-order valence-corrected chi connectivity index (χ3v) is 2.84. The van der Waals surface area contributed by atoms with Gasteiger partial charge in [-0.25, -0.2) is 0 Å². The van der Waals surface area contributed by atoms with Gasteiger partial charge in [0.2, 0.25) is 0 Å². The summed E-state index contributed by atoms with van der Waals surface area (Å²) in [5.74, 6) is 1.51. The number of nitrogens with zero attached hydrogens (tertiary/aromatic N) is 2. The zero-order chi connectivity index (χ0) is 15.2. The summed E-state index contributed by atoms with van der Waals surface area (Å²) in [6.45, 7) is 14.9. The SMILES string of the molecule is CCNC(=NCCCOCC(C)C)NCCN(C)CC. The van der Waals surface area contributed by atoms with Crippen molar-refractivity contribution in [3.05, 3.63) is 0 Å². The first-order valence-corrected chi connectivity index (χ1v) is 7.88. The lowest BCUT2D eigenvalue weighted by Crippen LogP contribution is -2.41. The molecule has 0 rings (SSSR count). The molecular formula is C15H34N4O. The van der Waals surface area contributed by atoms with Gasteiger partial charge in [-0.2, -0.15) is 0 Å². The van der Waals surface area contributed by atoms with Crippen LogP contribution in [0.3, 0.4) is 0 Å². The van der Waals surface area contributed by atoms with Gasteiger partial charge in [0.1, 0.15) is 0 Å². The Bertz CT molecular complexity index is 244. The van der Waals surface area contributed by atoms with E-state index in [0.29, 0.717) is 5.92 Å². The van der Waals surface area contributed by atoms with Crippen LogP contribution in [-0.2, 0) is 4.74 Å². The van der Waals surface area contributed by atoms with Crippen molar-refractivity contribution in [2.24, 2.45) is 10.9 Å². The summed E-state index contributed by atoms with van der Waals surface area (Å²) in [7, 11) is 2.12. The maximum Gasteiger partial charge on any atom is 0.191 e. The van der Waals surface area contributed by atoms with Crippen LogP contribution in [0.25, 0.3) is 0 Å².